The van der Waals surface area contributed by atoms with Gasteiger partial charge < -0.3 is 15.6 Å². The molecular weight excluding hydrogens is 452 g/mol. The molecule has 1 aromatic carbocycles. The number of hydrogen-bond acceptors (Lipinski definition) is 7. The van der Waals surface area contributed by atoms with Crippen molar-refractivity contribution in [3.8, 4) is 11.5 Å². The van der Waals surface area contributed by atoms with Crippen LogP contribution in [0.1, 0.15) is 38.2 Å². The number of benzene rings is 1. The highest BCUT2D eigenvalue weighted by Gasteiger charge is 2.57. The Bertz CT molecular complexity index is 1320. The molecule has 5 rings (SSSR count). The highest BCUT2D eigenvalue weighted by Crippen LogP contribution is 2.56. The highest BCUT2D eigenvalue weighted by molar-refractivity contribution is 6.24. The van der Waals surface area contributed by atoms with Gasteiger partial charge in [0.15, 0.2) is 23.1 Å². The number of urea groups is 1. The Labute approximate surface area is 200 Å². The lowest BCUT2D eigenvalue weighted by atomic mass is 9.59. The normalized spacial score (nSPS) is 27.8. The molecule has 1 heterocycles. The Morgan fingerprint density at radius 2 is 1.91 bits per heavy atom. The number of amides is 4. The van der Waals surface area contributed by atoms with E-state index in [1.165, 1.54) is 6.08 Å². The summed E-state index contributed by atoms with van der Waals surface area (Å²) in [6.45, 7) is 3.65. The number of imide groups is 3. The number of Topliss-reactive ketones (excluding diaryl/α,β-unsaturated/α-hetero) is 1. The Balaban J connectivity index is 1.71. The van der Waals surface area contributed by atoms with Crippen LogP contribution in [0.5, 0.6) is 11.5 Å². The van der Waals surface area contributed by atoms with Crippen molar-refractivity contribution in [1.29, 1.82) is 0 Å². The van der Waals surface area contributed by atoms with Gasteiger partial charge in [-0.3, -0.25) is 19.2 Å². The standard InChI is InChI=1S/C26H24N2O7/c1-3-35-18-6-4-5-13(23(18)31)19-12-7-8-14-20(25(33)28(24(14)32)26(27)34)15(12)10-16-17(29)9-11(2)22(30)21(16)19/h4-7,9,14-15,19-20,31H,3,8,10H2,1-2H3,(H2,27,34). The van der Waals surface area contributed by atoms with Gasteiger partial charge in [-0.1, -0.05) is 23.8 Å². The van der Waals surface area contributed by atoms with Crippen LogP contribution in [0.4, 0.5) is 4.79 Å². The maximum atomic E-state index is 13.4. The fraction of sp³-hybridized carbons (Fsp3) is 0.346. The number of nitrogens with two attached hydrogens (primary N) is 1. The molecular formula is C26H24N2O7. The summed E-state index contributed by atoms with van der Waals surface area (Å²) in [5.41, 5.74) is 7.16. The van der Waals surface area contributed by atoms with E-state index in [4.69, 9.17) is 10.5 Å². The Hall–Kier alpha value is -4.01. The first-order chi connectivity index (χ1) is 16.7. The lowest BCUT2D eigenvalue weighted by molar-refractivity contribution is -0.136. The minimum Gasteiger partial charge on any atom is -0.504 e. The molecule has 1 fully saturated rings. The molecule has 0 saturated carbocycles. The lowest BCUT2D eigenvalue weighted by Crippen LogP contribution is -2.42. The number of likely N-dealkylation sites (tertiary alicyclic amines) is 1. The zero-order valence-corrected chi connectivity index (χ0v) is 19.2. The average molecular weight is 476 g/mol. The number of nitrogens with zero attached hydrogens (tertiary/aromatic N) is 1. The van der Waals surface area contributed by atoms with Gasteiger partial charge >= 0.3 is 6.03 Å². The van der Waals surface area contributed by atoms with E-state index in [-0.39, 0.29) is 47.1 Å². The molecule has 35 heavy (non-hydrogen) atoms. The van der Waals surface area contributed by atoms with Gasteiger partial charge in [0.25, 0.3) is 0 Å². The van der Waals surface area contributed by atoms with Crippen molar-refractivity contribution in [2.75, 3.05) is 6.61 Å². The van der Waals surface area contributed by atoms with Crippen LogP contribution in [0.25, 0.3) is 0 Å². The number of primary amides is 1. The van der Waals surface area contributed by atoms with Gasteiger partial charge in [-0.15, -0.1) is 0 Å². The lowest BCUT2D eigenvalue weighted by Gasteiger charge is -2.42. The topological polar surface area (TPSA) is 144 Å². The Morgan fingerprint density at radius 1 is 1.17 bits per heavy atom. The summed E-state index contributed by atoms with van der Waals surface area (Å²) in [5, 5.41) is 11.1. The number of para-hydroxylation sites is 1. The highest BCUT2D eigenvalue weighted by atomic mass is 16.5. The third kappa shape index (κ3) is 3.18. The van der Waals surface area contributed by atoms with Crippen LogP contribution in [0.2, 0.25) is 0 Å². The van der Waals surface area contributed by atoms with E-state index in [1.807, 2.05) is 0 Å². The molecule has 3 N–H and O–H groups in total. The predicted octanol–water partition coefficient (Wildman–Crippen LogP) is 2.30. The van der Waals surface area contributed by atoms with Crippen molar-refractivity contribution in [1.82, 2.24) is 4.90 Å². The number of hydrogen-bond donors (Lipinski definition) is 2. The summed E-state index contributed by atoms with van der Waals surface area (Å²) in [6.07, 6.45) is 3.33. The number of fused-ring (bicyclic) bond motifs is 3. The number of phenolic OH excluding ortho intramolecular Hbond substituents is 1. The second kappa shape index (κ2) is 8.04. The van der Waals surface area contributed by atoms with Crippen molar-refractivity contribution in [3.05, 3.63) is 58.2 Å². The number of carbonyl (C=O) groups excluding carboxylic acids is 5. The maximum absolute atomic E-state index is 13.4. The van der Waals surface area contributed by atoms with E-state index in [1.54, 1.807) is 38.1 Å². The second-order valence-corrected chi connectivity index (χ2v) is 9.21. The first-order valence-electron chi connectivity index (χ1n) is 11.5. The zero-order valence-electron chi connectivity index (χ0n) is 19.2. The van der Waals surface area contributed by atoms with Crippen molar-refractivity contribution in [2.45, 2.75) is 32.6 Å². The number of aromatic hydroxyl groups is 1. The fourth-order valence-electron chi connectivity index (χ4n) is 5.98. The zero-order chi connectivity index (χ0) is 25.2. The summed E-state index contributed by atoms with van der Waals surface area (Å²) in [7, 11) is 0. The van der Waals surface area contributed by atoms with Crippen molar-refractivity contribution in [2.24, 2.45) is 23.5 Å². The summed E-state index contributed by atoms with van der Waals surface area (Å²) in [4.78, 5) is 64.7. The number of phenols is 1. The molecule has 3 aliphatic carbocycles. The SMILES string of the molecule is CCOc1cccc(C2C3=CCC4C(=O)N(C(N)=O)C(=O)C4C3CC3=C2C(=O)C(C)=CC3=O)c1O. The summed E-state index contributed by atoms with van der Waals surface area (Å²) in [6, 6.07) is 3.82. The largest absolute Gasteiger partial charge is 0.504 e. The van der Waals surface area contributed by atoms with E-state index in [9.17, 15) is 29.1 Å². The van der Waals surface area contributed by atoms with Gasteiger partial charge in [-0.05, 0) is 44.7 Å². The second-order valence-electron chi connectivity index (χ2n) is 9.21. The predicted molar refractivity (Wildman–Crippen MR) is 122 cm³/mol. The molecule has 4 atom stereocenters. The molecule has 4 amide bonds. The number of allylic oxidation sites excluding steroid dienone is 6. The maximum Gasteiger partial charge on any atom is 0.328 e. The van der Waals surface area contributed by atoms with Crippen molar-refractivity contribution in [3.63, 3.8) is 0 Å². The average Bonchev–Trinajstić information content (AvgIpc) is 3.08. The van der Waals surface area contributed by atoms with Gasteiger partial charge in [0.05, 0.1) is 18.4 Å². The molecule has 4 aliphatic rings. The fourth-order valence-corrected chi connectivity index (χ4v) is 5.98. The summed E-state index contributed by atoms with van der Waals surface area (Å²) >= 11 is 0. The number of carbonyl (C=O) groups is 5. The smallest absolute Gasteiger partial charge is 0.328 e. The minimum atomic E-state index is -1.13. The number of rotatable bonds is 3. The third-order valence-electron chi connectivity index (χ3n) is 7.43. The van der Waals surface area contributed by atoms with Crippen LogP contribution in [-0.2, 0) is 19.2 Å². The van der Waals surface area contributed by atoms with E-state index in [0.717, 1.165) is 0 Å². The summed E-state index contributed by atoms with van der Waals surface area (Å²) < 4.78 is 5.54. The number of ketones is 2. The third-order valence-corrected chi connectivity index (χ3v) is 7.43. The van der Waals surface area contributed by atoms with Crippen LogP contribution in [-0.4, -0.2) is 46.0 Å². The van der Waals surface area contributed by atoms with Gasteiger partial charge in [0.1, 0.15) is 0 Å². The molecule has 9 heteroatoms. The number of ether oxygens (including phenoxy) is 1. The molecule has 1 aromatic rings. The molecule has 0 spiro atoms. The molecule has 180 valence electrons. The molecule has 1 saturated heterocycles. The minimum absolute atomic E-state index is 0.0741. The molecule has 4 unspecified atom stereocenters. The first-order valence-corrected chi connectivity index (χ1v) is 11.5. The van der Waals surface area contributed by atoms with E-state index in [2.05, 4.69) is 0 Å². The van der Waals surface area contributed by atoms with Gasteiger partial charge in [0, 0.05) is 28.2 Å². The molecule has 0 bridgehead atoms. The summed E-state index contributed by atoms with van der Waals surface area (Å²) in [5.74, 6) is -5.01. The Kier molecular flexibility index (Phi) is 5.23. The van der Waals surface area contributed by atoms with Gasteiger partial charge in [-0.25, -0.2) is 4.79 Å². The van der Waals surface area contributed by atoms with E-state index < -0.39 is 41.5 Å². The van der Waals surface area contributed by atoms with Gasteiger partial charge in [-0.2, -0.15) is 4.90 Å². The van der Waals surface area contributed by atoms with E-state index >= 15 is 0 Å². The first kappa shape index (κ1) is 22.8. The van der Waals surface area contributed by atoms with Crippen molar-refractivity contribution < 1.29 is 33.8 Å². The van der Waals surface area contributed by atoms with Gasteiger partial charge in [0.2, 0.25) is 11.8 Å². The van der Waals surface area contributed by atoms with Crippen LogP contribution >= 0.6 is 0 Å². The van der Waals surface area contributed by atoms with Crippen molar-refractivity contribution >= 4 is 29.4 Å². The molecule has 0 radical (unpaired) electrons. The molecule has 1 aliphatic heterocycles. The van der Waals surface area contributed by atoms with Crippen LogP contribution in [0.3, 0.4) is 0 Å². The van der Waals surface area contributed by atoms with Crippen LogP contribution in [0.15, 0.2) is 52.6 Å². The Morgan fingerprint density at radius 3 is 2.60 bits per heavy atom. The molecule has 0 aromatic heterocycles. The van der Waals surface area contributed by atoms with Crippen LogP contribution in [0, 0.1) is 17.8 Å². The quantitative estimate of drug-likeness (QED) is 0.387. The van der Waals surface area contributed by atoms with E-state index in [0.29, 0.717) is 28.2 Å². The van der Waals surface area contributed by atoms with Crippen LogP contribution < -0.4 is 10.5 Å². The monoisotopic (exact) mass is 476 g/mol. The molecule has 9 nitrogen and oxygen atoms in total.